The van der Waals surface area contributed by atoms with Crippen molar-refractivity contribution in [3.05, 3.63) is 64.2 Å². The van der Waals surface area contributed by atoms with Crippen LogP contribution in [0, 0.1) is 5.92 Å². The van der Waals surface area contributed by atoms with Crippen LogP contribution in [0.2, 0.25) is 5.02 Å². The third-order valence-corrected chi connectivity index (χ3v) is 5.39. The molecule has 0 atom stereocenters. The van der Waals surface area contributed by atoms with Crippen molar-refractivity contribution in [2.75, 3.05) is 18.0 Å². The number of anilines is 1. The molecule has 2 aromatic rings. The lowest BCUT2D eigenvalue weighted by molar-refractivity contribution is -0.137. The first kappa shape index (κ1) is 21.2. The fourth-order valence-electron chi connectivity index (χ4n) is 3.40. The van der Waals surface area contributed by atoms with E-state index in [4.69, 9.17) is 11.6 Å². The Morgan fingerprint density at radius 3 is 2.38 bits per heavy atom. The fraction of sp³-hybridized carbons (Fsp3) is 0.333. The van der Waals surface area contributed by atoms with E-state index < -0.39 is 11.7 Å². The number of hydrogen-bond acceptors (Lipinski definition) is 3. The predicted molar refractivity (Wildman–Crippen MR) is 105 cm³/mol. The van der Waals surface area contributed by atoms with Gasteiger partial charge < -0.3 is 10.2 Å². The van der Waals surface area contributed by atoms with E-state index in [0.717, 1.165) is 18.0 Å². The van der Waals surface area contributed by atoms with E-state index in [1.807, 2.05) is 12.1 Å². The summed E-state index contributed by atoms with van der Waals surface area (Å²) >= 11 is 5.62. The molecule has 0 unspecified atom stereocenters. The largest absolute Gasteiger partial charge is 0.417 e. The van der Waals surface area contributed by atoms with Crippen LogP contribution in [0.5, 0.6) is 0 Å². The van der Waals surface area contributed by atoms with Crippen molar-refractivity contribution in [2.45, 2.75) is 25.6 Å². The number of nitrogens with zero attached hydrogens (tertiary/aromatic N) is 1. The summed E-state index contributed by atoms with van der Waals surface area (Å²) in [5.74, 6) is -0.348. The maximum atomic E-state index is 12.9. The molecule has 0 bridgehead atoms. The van der Waals surface area contributed by atoms with Crippen molar-refractivity contribution in [2.24, 2.45) is 5.92 Å². The quantitative estimate of drug-likeness (QED) is 0.707. The number of amides is 1. The molecule has 1 heterocycles. The highest BCUT2D eigenvalue weighted by molar-refractivity contribution is 6.31. The SMILES string of the molecule is O=Cc1ccc(N2CCC(C(=O)NCc3ccc(Cl)c(C(F)(F)F)c3)CC2)cc1. The third kappa shape index (κ3) is 5.29. The molecule has 1 saturated heterocycles. The fourth-order valence-corrected chi connectivity index (χ4v) is 3.62. The van der Waals surface area contributed by atoms with E-state index >= 15 is 0 Å². The average Bonchev–Trinajstić information content (AvgIpc) is 2.72. The number of nitrogens with one attached hydrogen (secondary N) is 1. The monoisotopic (exact) mass is 424 g/mol. The molecule has 1 amide bonds. The molecule has 29 heavy (non-hydrogen) atoms. The van der Waals surface area contributed by atoms with Crippen LogP contribution in [0.3, 0.4) is 0 Å². The Morgan fingerprint density at radius 2 is 1.79 bits per heavy atom. The maximum absolute atomic E-state index is 12.9. The standard InChI is InChI=1S/C21H20ClF3N2O2/c22-19-6-3-15(11-18(19)21(23,24)25)12-26-20(29)16-7-9-27(10-8-16)17-4-1-14(13-28)2-5-17/h1-6,11,13,16H,7-10,12H2,(H,26,29). The van der Waals surface area contributed by atoms with Crippen LogP contribution in [-0.2, 0) is 17.5 Å². The molecule has 1 aliphatic rings. The van der Waals surface area contributed by atoms with E-state index in [0.29, 0.717) is 37.1 Å². The summed E-state index contributed by atoms with van der Waals surface area (Å²) in [6, 6.07) is 10.9. The third-order valence-electron chi connectivity index (χ3n) is 5.06. The Labute approximate surface area is 171 Å². The molecule has 0 aromatic heterocycles. The van der Waals surface area contributed by atoms with Crippen molar-refractivity contribution < 1.29 is 22.8 Å². The van der Waals surface area contributed by atoms with E-state index in [-0.39, 0.29) is 23.4 Å². The van der Waals surface area contributed by atoms with Gasteiger partial charge in [-0.05, 0) is 54.8 Å². The van der Waals surface area contributed by atoms with Gasteiger partial charge in [0.15, 0.2) is 0 Å². The zero-order valence-corrected chi connectivity index (χ0v) is 16.3. The number of carbonyl (C=O) groups is 2. The first-order chi connectivity index (χ1) is 13.8. The minimum atomic E-state index is -4.53. The molecule has 1 fully saturated rings. The molecule has 154 valence electrons. The molecule has 0 spiro atoms. The van der Waals surface area contributed by atoms with Crippen LogP contribution in [-0.4, -0.2) is 25.3 Å². The van der Waals surface area contributed by atoms with E-state index in [9.17, 15) is 22.8 Å². The van der Waals surface area contributed by atoms with E-state index in [2.05, 4.69) is 10.2 Å². The molecule has 8 heteroatoms. The molecule has 0 saturated carbocycles. The Morgan fingerprint density at radius 1 is 1.14 bits per heavy atom. The molecular weight excluding hydrogens is 405 g/mol. The van der Waals surface area contributed by atoms with Crippen LogP contribution in [0.4, 0.5) is 18.9 Å². The first-order valence-electron chi connectivity index (χ1n) is 9.21. The van der Waals surface area contributed by atoms with Gasteiger partial charge in [0.2, 0.25) is 5.91 Å². The lowest BCUT2D eigenvalue weighted by Crippen LogP contribution is -2.40. The molecule has 0 aliphatic carbocycles. The smallest absolute Gasteiger partial charge is 0.371 e. The lowest BCUT2D eigenvalue weighted by Gasteiger charge is -2.33. The summed E-state index contributed by atoms with van der Waals surface area (Å²) in [4.78, 5) is 25.3. The Bertz CT molecular complexity index is 876. The van der Waals surface area contributed by atoms with Gasteiger partial charge in [-0.25, -0.2) is 0 Å². The topological polar surface area (TPSA) is 49.4 Å². The average molecular weight is 425 g/mol. The van der Waals surface area contributed by atoms with Gasteiger partial charge in [-0.3, -0.25) is 9.59 Å². The van der Waals surface area contributed by atoms with Gasteiger partial charge >= 0.3 is 6.18 Å². The number of hydrogen-bond donors (Lipinski definition) is 1. The van der Waals surface area contributed by atoms with E-state index in [1.54, 1.807) is 12.1 Å². The molecule has 0 radical (unpaired) electrons. The van der Waals surface area contributed by atoms with Crippen LogP contribution in [0.25, 0.3) is 0 Å². The van der Waals surface area contributed by atoms with Crippen molar-refractivity contribution in [3.8, 4) is 0 Å². The molecular formula is C21H20ClF3N2O2. The number of rotatable bonds is 5. The first-order valence-corrected chi connectivity index (χ1v) is 9.59. The second-order valence-corrected chi connectivity index (χ2v) is 7.41. The summed E-state index contributed by atoms with van der Waals surface area (Å²) in [5, 5.41) is 2.37. The maximum Gasteiger partial charge on any atom is 0.417 e. The highest BCUT2D eigenvalue weighted by Crippen LogP contribution is 2.35. The molecule has 4 nitrogen and oxygen atoms in total. The van der Waals surface area contributed by atoms with Crippen molar-refractivity contribution in [3.63, 3.8) is 0 Å². The molecule has 3 rings (SSSR count). The summed E-state index contributed by atoms with van der Waals surface area (Å²) in [6.45, 7) is 1.40. The zero-order chi connectivity index (χ0) is 21.0. The Kier molecular flexibility index (Phi) is 6.47. The van der Waals surface area contributed by atoms with Crippen molar-refractivity contribution in [1.82, 2.24) is 5.32 Å². The lowest BCUT2D eigenvalue weighted by atomic mass is 9.95. The Hall–Kier alpha value is -2.54. The normalized spacial score (nSPS) is 15.2. The zero-order valence-electron chi connectivity index (χ0n) is 15.5. The van der Waals surface area contributed by atoms with E-state index in [1.165, 1.54) is 12.1 Å². The number of benzene rings is 2. The molecule has 1 N–H and O–H groups in total. The summed E-state index contributed by atoms with van der Waals surface area (Å²) < 4.78 is 38.8. The summed E-state index contributed by atoms with van der Waals surface area (Å²) in [5.41, 5.74) is 1.05. The Balaban J connectivity index is 1.53. The van der Waals surface area contributed by atoms with Crippen molar-refractivity contribution in [1.29, 1.82) is 0 Å². The molecule has 2 aromatic carbocycles. The number of alkyl halides is 3. The molecule has 1 aliphatic heterocycles. The van der Waals surface area contributed by atoms with Gasteiger partial charge in [-0.2, -0.15) is 13.2 Å². The number of piperidine rings is 1. The van der Waals surface area contributed by atoms with Crippen LogP contribution in [0.15, 0.2) is 42.5 Å². The van der Waals surface area contributed by atoms with Crippen LogP contribution < -0.4 is 10.2 Å². The minimum Gasteiger partial charge on any atom is -0.371 e. The predicted octanol–water partition coefficient (Wildman–Crippen LogP) is 4.70. The summed E-state index contributed by atoms with van der Waals surface area (Å²) in [7, 11) is 0. The highest BCUT2D eigenvalue weighted by atomic mass is 35.5. The highest BCUT2D eigenvalue weighted by Gasteiger charge is 2.33. The minimum absolute atomic E-state index is 0.0203. The van der Waals surface area contributed by atoms with Gasteiger partial charge in [-0.1, -0.05) is 17.7 Å². The van der Waals surface area contributed by atoms with Gasteiger partial charge in [0.25, 0.3) is 0 Å². The summed E-state index contributed by atoms with van der Waals surface area (Å²) in [6.07, 6.45) is -2.45. The van der Waals surface area contributed by atoms with Crippen LogP contribution in [0.1, 0.15) is 34.3 Å². The van der Waals surface area contributed by atoms with Gasteiger partial charge in [0.05, 0.1) is 10.6 Å². The van der Waals surface area contributed by atoms with Gasteiger partial charge in [-0.15, -0.1) is 0 Å². The van der Waals surface area contributed by atoms with Crippen LogP contribution >= 0.6 is 11.6 Å². The second-order valence-electron chi connectivity index (χ2n) is 7.00. The van der Waals surface area contributed by atoms with Gasteiger partial charge in [0.1, 0.15) is 6.29 Å². The number of halogens is 4. The van der Waals surface area contributed by atoms with Gasteiger partial charge in [0, 0.05) is 36.8 Å². The number of aldehydes is 1. The second kappa shape index (κ2) is 8.86. The number of carbonyl (C=O) groups excluding carboxylic acids is 2. The van der Waals surface area contributed by atoms with Crippen molar-refractivity contribution >= 4 is 29.5 Å².